The minimum Gasteiger partial charge on any atom is -0.383 e. The molecule has 3 aromatic heterocycles. The summed E-state index contributed by atoms with van der Waals surface area (Å²) < 4.78 is 4.07. The fraction of sp³-hybridized carbons (Fsp3) is 0.292. The molecule has 1 aliphatic carbocycles. The maximum atomic E-state index is 12.0. The molecular formula is C24H22N8O. The lowest BCUT2D eigenvalue weighted by molar-refractivity contribution is -0.125. The van der Waals surface area contributed by atoms with Crippen molar-refractivity contribution in [3.63, 3.8) is 0 Å². The highest BCUT2D eigenvalue weighted by atomic mass is 16.2. The highest BCUT2D eigenvalue weighted by molar-refractivity contribution is 5.91. The Labute approximate surface area is 189 Å². The predicted molar refractivity (Wildman–Crippen MR) is 124 cm³/mol. The van der Waals surface area contributed by atoms with E-state index in [1.54, 1.807) is 4.90 Å². The normalized spacial score (nSPS) is 17.9. The molecule has 1 aromatic carbocycles. The van der Waals surface area contributed by atoms with Crippen molar-refractivity contribution in [1.29, 1.82) is 0 Å². The van der Waals surface area contributed by atoms with Gasteiger partial charge >= 0.3 is 0 Å². The Hall–Kier alpha value is -4.19. The number of nitrogens with zero attached hydrogens (tertiary/aromatic N) is 7. The Bertz CT molecular complexity index is 1480. The van der Waals surface area contributed by atoms with Gasteiger partial charge in [-0.15, -0.1) is 0 Å². The van der Waals surface area contributed by atoms with Crippen molar-refractivity contribution >= 4 is 33.8 Å². The Morgan fingerprint density at radius 2 is 2.03 bits per heavy atom. The first-order valence-corrected chi connectivity index (χ1v) is 11.0. The van der Waals surface area contributed by atoms with E-state index in [-0.39, 0.29) is 11.9 Å². The van der Waals surface area contributed by atoms with E-state index in [1.165, 1.54) is 25.2 Å². The number of fused-ring (bicyclic) bond motifs is 2. The summed E-state index contributed by atoms with van der Waals surface area (Å²) in [5.74, 6) is 6.63. The summed E-state index contributed by atoms with van der Waals surface area (Å²) in [6.45, 7) is 4.76. The molecule has 33 heavy (non-hydrogen) atoms. The van der Waals surface area contributed by atoms with Gasteiger partial charge in [0.2, 0.25) is 5.91 Å². The van der Waals surface area contributed by atoms with Crippen molar-refractivity contribution in [1.82, 2.24) is 34.2 Å². The van der Waals surface area contributed by atoms with Crippen LogP contribution in [0.1, 0.15) is 42.6 Å². The monoisotopic (exact) mass is 438 g/mol. The molecule has 164 valence electrons. The predicted octanol–water partition coefficient (Wildman–Crippen LogP) is 2.45. The Balaban J connectivity index is 1.37. The van der Waals surface area contributed by atoms with Crippen LogP contribution >= 0.6 is 0 Å². The van der Waals surface area contributed by atoms with Gasteiger partial charge in [-0.05, 0) is 49.5 Å². The summed E-state index contributed by atoms with van der Waals surface area (Å²) in [5.41, 5.74) is 10.3. The molecule has 9 heteroatoms. The van der Waals surface area contributed by atoms with E-state index in [0.717, 1.165) is 23.0 Å². The van der Waals surface area contributed by atoms with Crippen LogP contribution in [0, 0.1) is 11.8 Å². The highest BCUT2D eigenvalue weighted by Gasteiger charge is 2.29. The Morgan fingerprint density at radius 3 is 2.85 bits per heavy atom. The van der Waals surface area contributed by atoms with Crippen LogP contribution in [0.15, 0.2) is 43.5 Å². The lowest BCUT2D eigenvalue weighted by Crippen LogP contribution is -2.27. The van der Waals surface area contributed by atoms with Crippen LogP contribution in [-0.4, -0.2) is 53.2 Å². The molecule has 0 radical (unpaired) electrons. The third kappa shape index (κ3) is 3.31. The summed E-state index contributed by atoms with van der Waals surface area (Å²) in [5, 5.41) is 5.38. The molecule has 4 aromatic rings. The van der Waals surface area contributed by atoms with Crippen molar-refractivity contribution in [2.45, 2.75) is 31.3 Å². The van der Waals surface area contributed by atoms with Gasteiger partial charge in [0.05, 0.1) is 28.8 Å². The fourth-order valence-corrected chi connectivity index (χ4v) is 4.49. The number of nitrogens with two attached hydrogens (primary N) is 1. The summed E-state index contributed by atoms with van der Waals surface area (Å²) >= 11 is 0. The van der Waals surface area contributed by atoms with E-state index < -0.39 is 0 Å². The molecule has 1 aliphatic heterocycles. The smallest absolute Gasteiger partial charge is 0.246 e. The number of anilines is 1. The number of carbonyl (C=O) groups excluding carboxylic acids is 1. The number of nitrogen functional groups attached to an aromatic ring is 1. The lowest BCUT2D eigenvalue weighted by Gasteiger charge is -2.14. The molecule has 0 spiro atoms. The van der Waals surface area contributed by atoms with Crippen molar-refractivity contribution < 1.29 is 4.79 Å². The second-order valence-corrected chi connectivity index (χ2v) is 8.52. The van der Waals surface area contributed by atoms with E-state index >= 15 is 0 Å². The minimum absolute atomic E-state index is 0.0102. The SMILES string of the molecule is C=CC(=O)N1CCC(n2nc(C#Cc3ccc4c(c3)ncn4C3CC3)c3c(N)ncnc32)C1. The van der Waals surface area contributed by atoms with Crippen LogP contribution in [0.2, 0.25) is 0 Å². The van der Waals surface area contributed by atoms with Crippen molar-refractivity contribution in [2.24, 2.45) is 0 Å². The van der Waals surface area contributed by atoms with Gasteiger partial charge in [0.15, 0.2) is 5.65 Å². The molecule has 0 bridgehead atoms. The first kappa shape index (κ1) is 19.5. The quantitative estimate of drug-likeness (QED) is 0.389. The van der Waals surface area contributed by atoms with E-state index in [1.807, 2.05) is 23.1 Å². The molecule has 6 rings (SSSR count). The maximum Gasteiger partial charge on any atom is 0.246 e. The fourth-order valence-electron chi connectivity index (χ4n) is 4.49. The number of benzene rings is 1. The molecule has 9 nitrogen and oxygen atoms in total. The number of carbonyl (C=O) groups is 1. The zero-order valence-electron chi connectivity index (χ0n) is 18.0. The van der Waals surface area contributed by atoms with E-state index in [0.29, 0.717) is 41.7 Å². The number of amides is 1. The second kappa shape index (κ2) is 7.45. The van der Waals surface area contributed by atoms with Gasteiger partial charge in [0.1, 0.15) is 17.8 Å². The number of imidazole rings is 1. The van der Waals surface area contributed by atoms with Gasteiger partial charge in [-0.1, -0.05) is 12.5 Å². The third-order valence-electron chi connectivity index (χ3n) is 6.35. The molecule has 1 saturated heterocycles. The largest absolute Gasteiger partial charge is 0.383 e. The highest BCUT2D eigenvalue weighted by Crippen LogP contribution is 2.37. The minimum atomic E-state index is -0.0809. The summed E-state index contributed by atoms with van der Waals surface area (Å²) in [6.07, 6.45) is 7.88. The zero-order valence-corrected chi connectivity index (χ0v) is 18.0. The van der Waals surface area contributed by atoms with E-state index in [4.69, 9.17) is 10.8 Å². The van der Waals surface area contributed by atoms with Gasteiger partial charge in [-0.25, -0.2) is 19.6 Å². The van der Waals surface area contributed by atoms with Gasteiger partial charge in [-0.2, -0.15) is 5.10 Å². The third-order valence-corrected chi connectivity index (χ3v) is 6.35. The first-order chi connectivity index (χ1) is 16.1. The van der Waals surface area contributed by atoms with Crippen LogP contribution < -0.4 is 5.73 Å². The summed E-state index contributed by atoms with van der Waals surface area (Å²) in [4.78, 5) is 26.9. The standard InChI is InChI=1S/C24H22N8O/c1-2-21(33)30-10-9-17(12-30)32-24-22(23(25)26-13-27-24)18(29-32)7-3-15-4-8-20-19(11-15)28-14-31(20)16-5-6-16/h2,4,8,11,13-14,16-17H,1,5-6,9-10,12H2,(H2,25,26,27). The first-order valence-electron chi connectivity index (χ1n) is 11.0. The molecule has 4 heterocycles. The molecule has 1 atom stereocenters. The van der Waals surface area contributed by atoms with Gasteiger partial charge in [0.25, 0.3) is 0 Å². The lowest BCUT2D eigenvalue weighted by atomic mass is 10.2. The Morgan fingerprint density at radius 1 is 1.15 bits per heavy atom. The number of rotatable bonds is 3. The van der Waals surface area contributed by atoms with Crippen LogP contribution in [0.3, 0.4) is 0 Å². The number of aromatic nitrogens is 6. The molecule has 2 fully saturated rings. The van der Waals surface area contributed by atoms with E-state index in [2.05, 4.69) is 44.0 Å². The molecule has 1 saturated carbocycles. The maximum absolute atomic E-state index is 12.0. The van der Waals surface area contributed by atoms with Crippen molar-refractivity contribution in [3.05, 3.63) is 54.8 Å². The van der Waals surface area contributed by atoms with Crippen molar-refractivity contribution in [2.75, 3.05) is 18.8 Å². The average molecular weight is 438 g/mol. The van der Waals surface area contributed by atoms with Crippen molar-refractivity contribution in [3.8, 4) is 11.8 Å². The molecule has 2 aliphatic rings. The molecule has 1 unspecified atom stereocenters. The Kier molecular flexibility index (Phi) is 4.40. The topological polar surface area (TPSA) is 108 Å². The van der Waals surface area contributed by atoms with Gasteiger partial charge < -0.3 is 15.2 Å². The number of hydrogen-bond acceptors (Lipinski definition) is 6. The van der Waals surface area contributed by atoms with Crippen LogP contribution in [0.4, 0.5) is 5.82 Å². The second-order valence-electron chi connectivity index (χ2n) is 8.52. The van der Waals surface area contributed by atoms with Gasteiger partial charge in [0, 0.05) is 24.7 Å². The summed E-state index contributed by atoms with van der Waals surface area (Å²) in [6, 6.07) is 6.64. The van der Waals surface area contributed by atoms with E-state index in [9.17, 15) is 4.79 Å². The summed E-state index contributed by atoms with van der Waals surface area (Å²) in [7, 11) is 0. The number of hydrogen-bond donors (Lipinski definition) is 1. The molecular weight excluding hydrogens is 416 g/mol. The molecule has 2 N–H and O–H groups in total. The van der Waals surface area contributed by atoms with Crippen LogP contribution in [0.5, 0.6) is 0 Å². The zero-order chi connectivity index (χ0) is 22.5. The molecule has 1 amide bonds. The van der Waals surface area contributed by atoms with Crippen LogP contribution in [-0.2, 0) is 4.79 Å². The average Bonchev–Trinajstić information content (AvgIpc) is 3.24. The van der Waals surface area contributed by atoms with Crippen LogP contribution in [0.25, 0.3) is 22.1 Å². The number of likely N-dealkylation sites (tertiary alicyclic amines) is 1. The van der Waals surface area contributed by atoms with Gasteiger partial charge in [-0.3, -0.25) is 4.79 Å².